The van der Waals surface area contributed by atoms with Crippen LogP contribution in [0.15, 0.2) is 18.2 Å². The van der Waals surface area contributed by atoms with E-state index in [1.807, 2.05) is 0 Å². The van der Waals surface area contributed by atoms with Crippen molar-refractivity contribution < 1.29 is 24.9 Å². The van der Waals surface area contributed by atoms with Crippen LogP contribution in [0.3, 0.4) is 0 Å². The molecule has 2 unspecified atom stereocenters. The molecular formula is C13H15NO5. The molecule has 0 saturated carbocycles. The van der Waals surface area contributed by atoms with Crippen molar-refractivity contribution in [1.82, 2.24) is 4.90 Å². The molecule has 6 heteroatoms. The Morgan fingerprint density at radius 3 is 2.58 bits per heavy atom. The van der Waals surface area contributed by atoms with E-state index in [0.717, 1.165) is 6.07 Å². The number of carboxylic acids is 1. The van der Waals surface area contributed by atoms with Gasteiger partial charge in [0.15, 0.2) is 0 Å². The number of aliphatic carboxylic acids is 1. The molecule has 1 saturated heterocycles. The van der Waals surface area contributed by atoms with Gasteiger partial charge in [-0.2, -0.15) is 0 Å². The third kappa shape index (κ3) is 2.33. The normalized spacial score (nSPS) is 22.5. The van der Waals surface area contributed by atoms with Crippen molar-refractivity contribution in [1.29, 1.82) is 0 Å². The lowest BCUT2D eigenvalue weighted by Gasteiger charge is -2.23. The highest BCUT2D eigenvalue weighted by atomic mass is 16.4. The highest BCUT2D eigenvalue weighted by molar-refractivity contribution is 5.99. The third-order valence-electron chi connectivity index (χ3n) is 3.43. The molecule has 1 aliphatic rings. The monoisotopic (exact) mass is 265 g/mol. The topological polar surface area (TPSA) is 98.1 Å². The van der Waals surface area contributed by atoms with Crippen LogP contribution in [-0.4, -0.2) is 44.7 Å². The quantitative estimate of drug-likeness (QED) is 0.742. The SMILES string of the molecule is CC1CCN(C(=O)c2ccc(O)cc2O)C1C(=O)O. The van der Waals surface area contributed by atoms with Gasteiger partial charge in [-0.1, -0.05) is 6.92 Å². The van der Waals surface area contributed by atoms with Crippen LogP contribution in [0.4, 0.5) is 0 Å². The molecule has 19 heavy (non-hydrogen) atoms. The van der Waals surface area contributed by atoms with E-state index in [4.69, 9.17) is 5.11 Å². The smallest absolute Gasteiger partial charge is 0.326 e. The molecule has 1 aromatic rings. The van der Waals surface area contributed by atoms with Gasteiger partial charge in [-0.15, -0.1) is 0 Å². The Kier molecular flexibility index (Phi) is 3.33. The maximum atomic E-state index is 12.3. The van der Waals surface area contributed by atoms with Gasteiger partial charge >= 0.3 is 5.97 Å². The Bertz CT molecular complexity index is 528. The molecule has 1 aromatic carbocycles. The number of nitrogens with zero attached hydrogens (tertiary/aromatic N) is 1. The molecule has 0 spiro atoms. The summed E-state index contributed by atoms with van der Waals surface area (Å²) in [7, 11) is 0. The molecule has 0 aromatic heterocycles. The maximum absolute atomic E-state index is 12.3. The second kappa shape index (κ2) is 4.79. The number of aromatic hydroxyl groups is 2. The van der Waals surface area contributed by atoms with Crippen LogP contribution < -0.4 is 0 Å². The Hall–Kier alpha value is -2.24. The zero-order valence-electron chi connectivity index (χ0n) is 10.4. The summed E-state index contributed by atoms with van der Waals surface area (Å²) in [4.78, 5) is 24.7. The summed E-state index contributed by atoms with van der Waals surface area (Å²) in [6, 6.07) is 2.75. The highest BCUT2D eigenvalue weighted by Gasteiger charge is 2.40. The lowest BCUT2D eigenvalue weighted by molar-refractivity contribution is -0.142. The van der Waals surface area contributed by atoms with Gasteiger partial charge in [0.05, 0.1) is 5.56 Å². The Morgan fingerprint density at radius 2 is 2.00 bits per heavy atom. The summed E-state index contributed by atoms with van der Waals surface area (Å²) in [5, 5.41) is 28.0. The number of hydrogen-bond acceptors (Lipinski definition) is 4. The van der Waals surface area contributed by atoms with Gasteiger partial charge < -0.3 is 20.2 Å². The van der Waals surface area contributed by atoms with Crippen molar-refractivity contribution in [3.8, 4) is 11.5 Å². The van der Waals surface area contributed by atoms with E-state index < -0.39 is 17.9 Å². The predicted octanol–water partition coefficient (Wildman–Crippen LogP) is 1.03. The molecule has 0 radical (unpaired) electrons. The lowest BCUT2D eigenvalue weighted by atomic mass is 10.0. The Labute approximate surface area is 109 Å². The van der Waals surface area contributed by atoms with Gasteiger partial charge in [0, 0.05) is 12.6 Å². The van der Waals surface area contributed by atoms with Crippen molar-refractivity contribution in [3.05, 3.63) is 23.8 Å². The second-order valence-corrected chi connectivity index (χ2v) is 4.75. The number of benzene rings is 1. The van der Waals surface area contributed by atoms with Crippen LogP contribution in [0.25, 0.3) is 0 Å². The summed E-state index contributed by atoms with van der Waals surface area (Å²) in [6.07, 6.45) is 0.613. The number of carboxylic acid groups (broad SMARTS) is 1. The highest BCUT2D eigenvalue weighted by Crippen LogP contribution is 2.29. The molecule has 1 aliphatic heterocycles. The van der Waals surface area contributed by atoms with Crippen LogP contribution in [-0.2, 0) is 4.79 Å². The fraction of sp³-hybridized carbons (Fsp3) is 0.385. The molecule has 6 nitrogen and oxygen atoms in total. The summed E-state index contributed by atoms with van der Waals surface area (Å²) < 4.78 is 0. The number of rotatable bonds is 2. The van der Waals surface area contributed by atoms with Crippen LogP contribution in [0.5, 0.6) is 11.5 Å². The van der Waals surface area contributed by atoms with E-state index in [9.17, 15) is 19.8 Å². The Balaban J connectivity index is 2.31. The minimum absolute atomic E-state index is 0.00171. The van der Waals surface area contributed by atoms with Crippen molar-refractivity contribution in [2.75, 3.05) is 6.54 Å². The summed E-state index contributed by atoms with van der Waals surface area (Å²) >= 11 is 0. The third-order valence-corrected chi connectivity index (χ3v) is 3.43. The van der Waals surface area contributed by atoms with Gasteiger partial charge in [0.1, 0.15) is 17.5 Å². The van der Waals surface area contributed by atoms with E-state index >= 15 is 0 Å². The van der Waals surface area contributed by atoms with E-state index in [2.05, 4.69) is 0 Å². The van der Waals surface area contributed by atoms with Crippen molar-refractivity contribution in [2.24, 2.45) is 5.92 Å². The number of carbonyl (C=O) groups is 2. The first-order valence-corrected chi connectivity index (χ1v) is 5.97. The zero-order valence-corrected chi connectivity index (χ0v) is 10.4. The minimum Gasteiger partial charge on any atom is -0.508 e. The number of phenolic OH excluding ortho intramolecular Hbond substituents is 2. The summed E-state index contributed by atoms with van der Waals surface area (Å²) in [6.45, 7) is 2.13. The molecule has 1 fully saturated rings. The van der Waals surface area contributed by atoms with E-state index in [1.54, 1.807) is 6.92 Å². The van der Waals surface area contributed by atoms with Crippen LogP contribution in [0.2, 0.25) is 0 Å². The molecule has 1 amide bonds. The van der Waals surface area contributed by atoms with Crippen LogP contribution >= 0.6 is 0 Å². The summed E-state index contributed by atoms with van der Waals surface area (Å²) in [5.74, 6) is -2.21. The fourth-order valence-corrected chi connectivity index (χ4v) is 2.41. The minimum atomic E-state index is -1.04. The molecule has 0 bridgehead atoms. The largest absolute Gasteiger partial charge is 0.508 e. The number of likely N-dealkylation sites (tertiary alicyclic amines) is 1. The van der Waals surface area contributed by atoms with E-state index in [1.165, 1.54) is 17.0 Å². The van der Waals surface area contributed by atoms with Crippen molar-refractivity contribution in [3.63, 3.8) is 0 Å². The zero-order chi connectivity index (χ0) is 14.2. The molecule has 102 valence electrons. The van der Waals surface area contributed by atoms with Gasteiger partial charge in [-0.05, 0) is 24.5 Å². The van der Waals surface area contributed by atoms with E-state index in [0.29, 0.717) is 13.0 Å². The molecule has 3 N–H and O–H groups in total. The number of carbonyl (C=O) groups excluding carboxylic acids is 1. The average Bonchev–Trinajstić information content (AvgIpc) is 2.70. The first-order valence-electron chi connectivity index (χ1n) is 5.97. The second-order valence-electron chi connectivity index (χ2n) is 4.75. The molecular weight excluding hydrogens is 250 g/mol. The first-order chi connectivity index (χ1) is 8.91. The predicted molar refractivity (Wildman–Crippen MR) is 66.0 cm³/mol. The van der Waals surface area contributed by atoms with Gasteiger partial charge in [0.25, 0.3) is 5.91 Å². The van der Waals surface area contributed by atoms with Crippen molar-refractivity contribution in [2.45, 2.75) is 19.4 Å². The van der Waals surface area contributed by atoms with Gasteiger partial charge in [-0.25, -0.2) is 4.79 Å². The molecule has 2 rings (SSSR count). The van der Waals surface area contributed by atoms with E-state index in [-0.39, 0.29) is 23.0 Å². The first kappa shape index (κ1) is 13.2. The molecule has 2 atom stereocenters. The molecule has 1 heterocycles. The van der Waals surface area contributed by atoms with Crippen molar-refractivity contribution >= 4 is 11.9 Å². The number of hydrogen-bond donors (Lipinski definition) is 3. The maximum Gasteiger partial charge on any atom is 0.326 e. The number of phenols is 2. The Morgan fingerprint density at radius 1 is 1.32 bits per heavy atom. The average molecular weight is 265 g/mol. The molecule has 0 aliphatic carbocycles. The van der Waals surface area contributed by atoms with Gasteiger partial charge in [-0.3, -0.25) is 4.79 Å². The fourth-order valence-electron chi connectivity index (χ4n) is 2.41. The van der Waals surface area contributed by atoms with Gasteiger partial charge in [0.2, 0.25) is 0 Å². The van der Waals surface area contributed by atoms with Crippen LogP contribution in [0, 0.1) is 5.92 Å². The van der Waals surface area contributed by atoms with Crippen LogP contribution in [0.1, 0.15) is 23.7 Å². The lowest BCUT2D eigenvalue weighted by Crippen LogP contribution is -2.42. The standard InChI is InChI=1S/C13H15NO5/c1-7-4-5-14(11(7)13(18)19)12(17)9-3-2-8(15)6-10(9)16/h2-3,6-7,11,15-16H,4-5H2,1H3,(H,18,19). The number of amides is 1. The summed E-state index contributed by atoms with van der Waals surface area (Å²) in [5.41, 5.74) is -0.00171.